The SMILES string of the molecule is Cc1ccc(NC(=O)c2cnc(NCc3cccnc3)cn2)cc1Br. The minimum Gasteiger partial charge on any atom is -0.365 e. The van der Waals surface area contributed by atoms with Gasteiger partial charge in [-0.2, -0.15) is 0 Å². The van der Waals surface area contributed by atoms with Crippen LogP contribution in [0.25, 0.3) is 0 Å². The maximum atomic E-state index is 12.2. The minimum atomic E-state index is -0.304. The predicted molar refractivity (Wildman–Crippen MR) is 100 cm³/mol. The molecule has 0 aliphatic heterocycles. The fourth-order valence-corrected chi connectivity index (χ4v) is 2.48. The third kappa shape index (κ3) is 4.60. The van der Waals surface area contributed by atoms with Crippen LogP contribution in [0.3, 0.4) is 0 Å². The van der Waals surface area contributed by atoms with Crippen LogP contribution < -0.4 is 10.6 Å². The Hall–Kier alpha value is -2.80. The Balaban J connectivity index is 1.61. The van der Waals surface area contributed by atoms with Gasteiger partial charge in [-0.15, -0.1) is 0 Å². The molecule has 0 spiro atoms. The minimum absolute atomic E-state index is 0.253. The normalized spacial score (nSPS) is 10.3. The van der Waals surface area contributed by atoms with E-state index in [1.54, 1.807) is 12.4 Å². The van der Waals surface area contributed by atoms with Crippen LogP contribution in [0.1, 0.15) is 21.6 Å². The molecule has 0 saturated carbocycles. The number of pyridine rings is 1. The molecule has 0 bridgehead atoms. The third-order valence-corrected chi connectivity index (χ3v) is 4.36. The topological polar surface area (TPSA) is 79.8 Å². The molecule has 6 nitrogen and oxygen atoms in total. The van der Waals surface area contributed by atoms with Crippen LogP contribution >= 0.6 is 15.9 Å². The number of nitrogens with one attached hydrogen (secondary N) is 2. The smallest absolute Gasteiger partial charge is 0.275 e. The van der Waals surface area contributed by atoms with E-state index in [0.29, 0.717) is 18.1 Å². The van der Waals surface area contributed by atoms with Gasteiger partial charge >= 0.3 is 0 Å². The Kier molecular flexibility index (Phi) is 5.35. The van der Waals surface area contributed by atoms with Gasteiger partial charge in [0.25, 0.3) is 5.91 Å². The van der Waals surface area contributed by atoms with Gasteiger partial charge in [0.2, 0.25) is 0 Å². The van der Waals surface area contributed by atoms with Crippen molar-refractivity contribution in [1.29, 1.82) is 0 Å². The first-order valence-corrected chi connectivity index (χ1v) is 8.43. The van der Waals surface area contributed by atoms with Crippen molar-refractivity contribution >= 4 is 33.3 Å². The van der Waals surface area contributed by atoms with E-state index in [1.165, 1.54) is 12.4 Å². The second-order valence-electron chi connectivity index (χ2n) is 5.42. The first kappa shape index (κ1) is 17.0. The second-order valence-corrected chi connectivity index (χ2v) is 6.27. The number of rotatable bonds is 5. The van der Waals surface area contributed by atoms with Crippen molar-refractivity contribution in [3.05, 3.63) is 76.4 Å². The fraction of sp³-hybridized carbons (Fsp3) is 0.111. The third-order valence-electron chi connectivity index (χ3n) is 3.51. The number of amides is 1. The molecule has 0 radical (unpaired) electrons. The van der Waals surface area contributed by atoms with E-state index in [-0.39, 0.29) is 11.6 Å². The lowest BCUT2D eigenvalue weighted by atomic mass is 10.2. The Morgan fingerprint density at radius 3 is 2.72 bits per heavy atom. The summed E-state index contributed by atoms with van der Waals surface area (Å²) in [5.74, 6) is 0.292. The average molecular weight is 398 g/mol. The molecule has 2 N–H and O–H groups in total. The molecular formula is C18H16BrN5O. The fourth-order valence-electron chi connectivity index (χ4n) is 2.10. The molecular weight excluding hydrogens is 382 g/mol. The van der Waals surface area contributed by atoms with Gasteiger partial charge in [0.1, 0.15) is 11.5 Å². The summed E-state index contributed by atoms with van der Waals surface area (Å²) in [6.07, 6.45) is 6.49. The summed E-state index contributed by atoms with van der Waals surface area (Å²) >= 11 is 3.45. The van der Waals surface area contributed by atoms with E-state index < -0.39 is 0 Å². The molecule has 25 heavy (non-hydrogen) atoms. The van der Waals surface area contributed by atoms with E-state index in [2.05, 4.69) is 41.5 Å². The number of anilines is 2. The van der Waals surface area contributed by atoms with Gasteiger partial charge < -0.3 is 10.6 Å². The summed E-state index contributed by atoms with van der Waals surface area (Å²) in [4.78, 5) is 24.7. The highest BCUT2D eigenvalue weighted by atomic mass is 79.9. The molecule has 0 fully saturated rings. The van der Waals surface area contributed by atoms with E-state index in [9.17, 15) is 4.79 Å². The number of carbonyl (C=O) groups is 1. The van der Waals surface area contributed by atoms with Crippen LogP contribution in [0.15, 0.2) is 59.6 Å². The Morgan fingerprint density at radius 2 is 2.04 bits per heavy atom. The highest BCUT2D eigenvalue weighted by Crippen LogP contribution is 2.21. The van der Waals surface area contributed by atoms with E-state index in [4.69, 9.17) is 0 Å². The molecule has 0 saturated heterocycles. The highest BCUT2D eigenvalue weighted by Gasteiger charge is 2.09. The van der Waals surface area contributed by atoms with Crippen LogP contribution in [0.2, 0.25) is 0 Å². The van der Waals surface area contributed by atoms with Crippen molar-refractivity contribution in [2.75, 3.05) is 10.6 Å². The molecule has 1 aromatic carbocycles. The Bertz CT molecular complexity index is 868. The molecule has 0 aliphatic carbocycles. The zero-order valence-corrected chi connectivity index (χ0v) is 15.1. The molecule has 126 valence electrons. The lowest BCUT2D eigenvalue weighted by Gasteiger charge is -2.08. The van der Waals surface area contributed by atoms with Gasteiger partial charge in [0, 0.05) is 29.1 Å². The summed E-state index contributed by atoms with van der Waals surface area (Å²) in [7, 11) is 0. The van der Waals surface area contributed by atoms with Crippen LogP contribution in [-0.2, 0) is 6.54 Å². The van der Waals surface area contributed by atoms with E-state index in [0.717, 1.165) is 15.6 Å². The lowest BCUT2D eigenvalue weighted by molar-refractivity contribution is 0.102. The van der Waals surface area contributed by atoms with Crippen molar-refractivity contribution in [1.82, 2.24) is 15.0 Å². The molecule has 3 rings (SSSR count). The standard InChI is InChI=1S/C18H16BrN5O/c1-12-4-5-14(7-15(12)19)24-18(25)16-10-23-17(11-21-16)22-9-13-3-2-6-20-8-13/h2-8,10-11H,9H2,1H3,(H,22,23)(H,24,25). The number of carbonyl (C=O) groups excluding carboxylic acids is 1. The predicted octanol–water partition coefficient (Wildman–Crippen LogP) is 3.81. The molecule has 0 unspecified atom stereocenters. The van der Waals surface area contributed by atoms with Gasteiger partial charge in [-0.05, 0) is 36.2 Å². The zero-order valence-electron chi connectivity index (χ0n) is 13.5. The number of nitrogens with zero attached hydrogens (tertiary/aromatic N) is 3. The quantitative estimate of drug-likeness (QED) is 0.684. The molecule has 3 aromatic rings. The molecule has 7 heteroatoms. The average Bonchev–Trinajstić information content (AvgIpc) is 2.64. The van der Waals surface area contributed by atoms with Gasteiger partial charge in [-0.25, -0.2) is 9.97 Å². The van der Waals surface area contributed by atoms with Crippen molar-refractivity contribution < 1.29 is 4.79 Å². The molecule has 2 heterocycles. The van der Waals surface area contributed by atoms with E-state index in [1.807, 2.05) is 37.3 Å². The summed E-state index contributed by atoms with van der Waals surface area (Å²) in [5.41, 5.74) is 3.09. The zero-order chi connectivity index (χ0) is 17.6. The largest absolute Gasteiger partial charge is 0.365 e. The monoisotopic (exact) mass is 397 g/mol. The number of hydrogen-bond acceptors (Lipinski definition) is 5. The number of hydrogen-bond donors (Lipinski definition) is 2. The number of aromatic nitrogens is 3. The maximum Gasteiger partial charge on any atom is 0.275 e. The van der Waals surface area contributed by atoms with Crippen molar-refractivity contribution in [3.8, 4) is 0 Å². The molecule has 1 amide bonds. The lowest BCUT2D eigenvalue weighted by Crippen LogP contribution is -2.14. The summed E-state index contributed by atoms with van der Waals surface area (Å²) in [6.45, 7) is 2.57. The first-order chi connectivity index (χ1) is 12.1. The molecule has 0 atom stereocenters. The van der Waals surface area contributed by atoms with Crippen molar-refractivity contribution in [2.24, 2.45) is 0 Å². The molecule has 0 aliphatic rings. The second kappa shape index (κ2) is 7.85. The Morgan fingerprint density at radius 1 is 1.16 bits per heavy atom. The van der Waals surface area contributed by atoms with Crippen LogP contribution in [0, 0.1) is 6.92 Å². The van der Waals surface area contributed by atoms with Crippen molar-refractivity contribution in [2.45, 2.75) is 13.5 Å². The number of benzene rings is 1. The van der Waals surface area contributed by atoms with Crippen LogP contribution in [0.4, 0.5) is 11.5 Å². The first-order valence-electron chi connectivity index (χ1n) is 7.64. The number of aryl methyl sites for hydroxylation is 1. The summed E-state index contributed by atoms with van der Waals surface area (Å²) < 4.78 is 0.936. The molecule has 2 aromatic heterocycles. The van der Waals surface area contributed by atoms with Gasteiger partial charge in [0.15, 0.2) is 0 Å². The Labute approximate surface area is 153 Å². The van der Waals surface area contributed by atoms with Crippen molar-refractivity contribution in [3.63, 3.8) is 0 Å². The highest BCUT2D eigenvalue weighted by molar-refractivity contribution is 9.10. The van der Waals surface area contributed by atoms with Gasteiger partial charge in [-0.3, -0.25) is 9.78 Å². The van der Waals surface area contributed by atoms with Crippen LogP contribution in [-0.4, -0.2) is 20.9 Å². The summed E-state index contributed by atoms with van der Waals surface area (Å²) in [6, 6.07) is 9.46. The summed E-state index contributed by atoms with van der Waals surface area (Å²) in [5, 5.41) is 5.94. The van der Waals surface area contributed by atoms with Gasteiger partial charge in [0.05, 0.1) is 12.4 Å². The van der Waals surface area contributed by atoms with E-state index >= 15 is 0 Å². The number of halogens is 1. The van der Waals surface area contributed by atoms with Crippen LogP contribution in [0.5, 0.6) is 0 Å². The maximum absolute atomic E-state index is 12.2. The van der Waals surface area contributed by atoms with Gasteiger partial charge in [-0.1, -0.05) is 28.1 Å².